The molecule has 2 atom stereocenters. The van der Waals surface area contributed by atoms with Crippen LogP contribution < -0.4 is 15.5 Å². The van der Waals surface area contributed by atoms with Gasteiger partial charge in [0.15, 0.2) is 11.4 Å². The lowest BCUT2D eigenvalue weighted by atomic mass is 9.93. The van der Waals surface area contributed by atoms with Crippen LogP contribution in [0, 0.1) is 17.6 Å². The van der Waals surface area contributed by atoms with Crippen molar-refractivity contribution in [2.75, 3.05) is 6.54 Å². The number of halogens is 2. The van der Waals surface area contributed by atoms with Gasteiger partial charge < -0.3 is 19.5 Å². The molecule has 3 heterocycles. The van der Waals surface area contributed by atoms with E-state index in [2.05, 4.69) is 5.32 Å². The van der Waals surface area contributed by atoms with Crippen LogP contribution in [0.25, 0.3) is 0 Å². The van der Waals surface area contributed by atoms with Gasteiger partial charge in [-0.25, -0.2) is 8.78 Å². The van der Waals surface area contributed by atoms with Gasteiger partial charge in [-0.1, -0.05) is 36.4 Å². The maximum Gasteiger partial charge on any atom is 0.275 e. The molecule has 2 aliphatic heterocycles. The molecule has 1 saturated carbocycles. The summed E-state index contributed by atoms with van der Waals surface area (Å²) in [4.78, 5) is 42.2. The van der Waals surface area contributed by atoms with Crippen molar-refractivity contribution in [3.8, 4) is 5.75 Å². The Morgan fingerprint density at radius 3 is 2.70 bits per heavy atom. The Bertz CT molecular complexity index is 1470. The fourth-order valence-corrected chi connectivity index (χ4v) is 5.98. The number of piperidine rings is 1. The number of carbonyl (C=O) groups excluding carboxylic acids is 2. The molecule has 37 heavy (non-hydrogen) atoms. The number of benzene rings is 2. The molecule has 9 heteroatoms. The summed E-state index contributed by atoms with van der Waals surface area (Å²) in [6.45, 7) is 0.955. The summed E-state index contributed by atoms with van der Waals surface area (Å²) in [7, 11) is 0. The van der Waals surface area contributed by atoms with Gasteiger partial charge in [-0.2, -0.15) is 0 Å². The van der Waals surface area contributed by atoms with Crippen LogP contribution in [0.5, 0.6) is 5.75 Å². The highest BCUT2D eigenvalue weighted by Crippen LogP contribution is 2.50. The topological polar surface area (TPSA) is 80.6 Å². The zero-order valence-corrected chi connectivity index (χ0v) is 20.0. The van der Waals surface area contributed by atoms with Crippen molar-refractivity contribution in [2.24, 2.45) is 5.92 Å². The van der Waals surface area contributed by atoms with Gasteiger partial charge in [0.05, 0.1) is 5.54 Å². The van der Waals surface area contributed by atoms with Gasteiger partial charge in [0.1, 0.15) is 23.8 Å². The number of aromatic nitrogens is 1. The lowest BCUT2D eigenvalue weighted by molar-refractivity contribution is 0.0394. The molecule has 1 aliphatic carbocycles. The predicted molar refractivity (Wildman–Crippen MR) is 130 cm³/mol. The number of carbonyl (C=O) groups is 2. The van der Waals surface area contributed by atoms with Gasteiger partial charge in [-0.15, -0.1) is 0 Å². The van der Waals surface area contributed by atoms with Crippen LogP contribution in [0.15, 0.2) is 59.5 Å². The van der Waals surface area contributed by atoms with E-state index in [-0.39, 0.29) is 47.2 Å². The summed E-state index contributed by atoms with van der Waals surface area (Å²) >= 11 is 0. The molecule has 0 radical (unpaired) electrons. The van der Waals surface area contributed by atoms with Crippen LogP contribution in [-0.4, -0.2) is 33.4 Å². The van der Waals surface area contributed by atoms with E-state index in [1.165, 1.54) is 12.3 Å². The highest BCUT2D eigenvalue weighted by Gasteiger charge is 2.56. The van der Waals surface area contributed by atoms with Gasteiger partial charge in [0, 0.05) is 37.5 Å². The number of rotatable bonds is 6. The number of fused-ring (bicyclic) bond motifs is 2. The third-order valence-electron chi connectivity index (χ3n) is 7.78. The molecule has 1 aromatic heterocycles. The van der Waals surface area contributed by atoms with Crippen LogP contribution in [0.3, 0.4) is 0 Å². The number of hydrogen-bond donors (Lipinski definition) is 1. The molecule has 1 N–H and O–H groups in total. The lowest BCUT2D eigenvalue weighted by Gasteiger charge is -2.44. The molecule has 6 rings (SSSR count). The highest BCUT2D eigenvalue weighted by molar-refractivity contribution is 5.99. The zero-order valence-electron chi connectivity index (χ0n) is 20.0. The molecule has 3 aromatic rings. The first kappa shape index (κ1) is 23.4. The van der Waals surface area contributed by atoms with Crippen molar-refractivity contribution in [1.29, 1.82) is 0 Å². The minimum absolute atomic E-state index is 0.0516. The van der Waals surface area contributed by atoms with Crippen LogP contribution >= 0.6 is 0 Å². The van der Waals surface area contributed by atoms with Crippen molar-refractivity contribution in [3.63, 3.8) is 0 Å². The first-order chi connectivity index (χ1) is 17.8. The van der Waals surface area contributed by atoms with Gasteiger partial charge in [0.2, 0.25) is 5.43 Å². The molecule has 1 saturated heterocycles. The van der Waals surface area contributed by atoms with E-state index in [0.29, 0.717) is 19.0 Å². The number of nitrogens with zero attached hydrogens (tertiary/aromatic N) is 2. The maximum atomic E-state index is 14.1. The summed E-state index contributed by atoms with van der Waals surface area (Å²) in [5.41, 5.74) is -0.165. The standard InChI is InChI=1S/C28H25F2N3O4/c29-20-7-6-19(22(30)10-20)12-31-26(35)21-14-32-16-28-9-8-18(11-28)13-33(28)27(36)23(32)25(24(21)34)37-15-17-4-2-1-3-5-17/h1-7,10,14,18H,8-9,11-13,15-16H2,(H,31,35)/t18-,28+/m0/s1. The van der Waals surface area contributed by atoms with Crippen LogP contribution in [0.2, 0.25) is 0 Å². The molecule has 7 nitrogen and oxygen atoms in total. The van der Waals surface area contributed by atoms with E-state index >= 15 is 0 Å². The van der Waals surface area contributed by atoms with Gasteiger partial charge >= 0.3 is 0 Å². The molecular weight excluding hydrogens is 480 g/mol. The van der Waals surface area contributed by atoms with Crippen LogP contribution in [0.4, 0.5) is 8.78 Å². The lowest BCUT2D eigenvalue weighted by Crippen LogP contribution is -2.56. The van der Waals surface area contributed by atoms with Gasteiger partial charge in [0.25, 0.3) is 11.8 Å². The van der Waals surface area contributed by atoms with E-state index in [9.17, 15) is 23.2 Å². The molecule has 2 fully saturated rings. The first-order valence-electron chi connectivity index (χ1n) is 12.3. The Morgan fingerprint density at radius 2 is 1.95 bits per heavy atom. The fourth-order valence-electron chi connectivity index (χ4n) is 5.98. The molecule has 2 aromatic carbocycles. The van der Waals surface area contributed by atoms with Crippen molar-refractivity contribution in [3.05, 3.63) is 99.0 Å². The molecule has 1 spiro atoms. The van der Waals surface area contributed by atoms with Crippen LogP contribution in [-0.2, 0) is 19.7 Å². The quantitative estimate of drug-likeness (QED) is 0.555. The van der Waals surface area contributed by atoms with E-state index in [1.807, 2.05) is 35.2 Å². The number of nitrogens with one attached hydrogen (secondary N) is 1. The third kappa shape index (κ3) is 3.98. The first-order valence-corrected chi connectivity index (χ1v) is 12.3. The number of pyridine rings is 1. The Morgan fingerprint density at radius 1 is 1.14 bits per heavy atom. The largest absolute Gasteiger partial charge is 0.483 e. The third-order valence-corrected chi connectivity index (χ3v) is 7.78. The minimum Gasteiger partial charge on any atom is -0.483 e. The predicted octanol–water partition coefficient (Wildman–Crippen LogP) is 3.64. The molecule has 0 unspecified atom stereocenters. The Kier molecular flexibility index (Phi) is 5.58. The van der Waals surface area contributed by atoms with E-state index < -0.39 is 23.0 Å². The smallest absolute Gasteiger partial charge is 0.275 e. The highest BCUT2D eigenvalue weighted by atomic mass is 19.1. The average molecular weight is 506 g/mol. The Hall–Kier alpha value is -4.01. The molecule has 190 valence electrons. The van der Waals surface area contributed by atoms with Gasteiger partial charge in [-0.3, -0.25) is 14.4 Å². The van der Waals surface area contributed by atoms with Gasteiger partial charge in [-0.05, 0) is 36.8 Å². The average Bonchev–Trinajstić information content (AvgIpc) is 3.46. The zero-order chi connectivity index (χ0) is 25.7. The summed E-state index contributed by atoms with van der Waals surface area (Å²) in [5, 5.41) is 2.55. The van der Waals surface area contributed by atoms with E-state index in [1.54, 1.807) is 4.57 Å². The number of hydrogen-bond acceptors (Lipinski definition) is 4. The van der Waals surface area contributed by atoms with Crippen molar-refractivity contribution < 1.29 is 23.1 Å². The molecule has 3 aliphatic rings. The Labute approximate surface area is 211 Å². The SMILES string of the molecule is O=C(NCc1ccc(F)cc1F)c1cn2c(c(OCc3ccccc3)c1=O)C(=O)N1C[C@H]3CC[C@@]1(C3)C2. The molecular formula is C28H25F2N3O4. The second kappa shape index (κ2) is 8.83. The van der Waals surface area contributed by atoms with E-state index in [0.717, 1.165) is 37.0 Å². The monoisotopic (exact) mass is 505 g/mol. The van der Waals surface area contributed by atoms with Crippen molar-refractivity contribution in [1.82, 2.24) is 14.8 Å². The summed E-state index contributed by atoms with van der Waals surface area (Å²) < 4.78 is 34.9. The minimum atomic E-state index is -0.795. The second-order valence-corrected chi connectivity index (χ2v) is 10.1. The maximum absolute atomic E-state index is 14.1. The van der Waals surface area contributed by atoms with Crippen molar-refractivity contribution in [2.45, 2.75) is 44.5 Å². The summed E-state index contributed by atoms with van der Waals surface area (Å²) in [6.07, 6.45) is 4.24. The molecule has 2 bridgehead atoms. The second-order valence-electron chi connectivity index (χ2n) is 10.1. The summed E-state index contributed by atoms with van der Waals surface area (Å²) in [6, 6.07) is 12.3. The molecule has 2 amide bonds. The number of ether oxygens (including phenoxy) is 1. The normalized spacial score (nSPS) is 21.5. The van der Waals surface area contributed by atoms with Crippen LogP contribution in [0.1, 0.15) is 51.2 Å². The summed E-state index contributed by atoms with van der Waals surface area (Å²) in [5.74, 6) is -2.22. The Balaban J connectivity index is 1.36. The van der Waals surface area contributed by atoms with E-state index in [4.69, 9.17) is 4.74 Å². The fraction of sp³-hybridized carbons (Fsp3) is 0.321. The van der Waals surface area contributed by atoms with Crippen molar-refractivity contribution >= 4 is 11.8 Å². The number of amides is 2.